The highest BCUT2D eigenvalue weighted by Gasteiger charge is 2.26. The Morgan fingerprint density at radius 1 is 0.684 bits per heavy atom. The summed E-state index contributed by atoms with van der Waals surface area (Å²) in [4.78, 5) is 0. The SMILES string of the molecule is C=CC(=C)n1c2c(-c3ccccc3O)cccc2c2c3cccc(-c4ccccc4O)c3n(/C(C)=C/C)c21. The van der Waals surface area contributed by atoms with Gasteiger partial charge in [-0.2, -0.15) is 0 Å². The van der Waals surface area contributed by atoms with Gasteiger partial charge in [-0.25, -0.2) is 0 Å². The molecule has 38 heavy (non-hydrogen) atoms. The highest BCUT2D eigenvalue weighted by Crippen LogP contribution is 2.47. The number of benzene rings is 4. The van der Waals surface area contributed by atoms with E-state index in [0.717, 1.165) is 66.5 Å². The molecule has 0 saturated heterocycles. The Hall–Kier alpha value is -4.96. The summed E-state index contributed by atoms with van der Waals surface area (Å²) >= 11 is 0. The smallest absolute Gasteiger partial charge is 0.131 e. The van der Waals surface area contributed by atoms with Gasteiger partial charge >= 0.3 is 0 Å². The van der Waals surface area contributed by atoms with Crippen LogP contribution in [0.15, 0.2) is 110 Å². The third-order valence-corrected chi connectivity index (χ3v) is 7.39. The fourth-order valence-electron chi connectivity index (χ4n) is 5.57. The molecule has 4 aromatic carbocycles. The Balaban J connectivity index is 1.90. The number of hydrogen-bond donors (Lipinski definition) is 2. The molecule has 2 aromatic heterocycles. The zero-order valence-electron chi connectivity index (χ0n) is 21.4. The number of para-hydroxylation sites is 4. The van der Waals surface area contributed by atoms with E-state index < -0.39 is 0 Å². The fourth-order valence-corrected chi connectivity index (χ4v) is 5.57. The molecule has 0 unspecified atom stereocenters. The average molecular weight is 497 g/mol. The van der Waals surface area contributed by atoms with E-state index in [1.807, 2.05) is 61.5 Å². The summed E-state index contributed by atoms with van der Waals surface area (Å²) in [5.41, 5.74) is 8.07. The maximum absolute atomic E-state index is 10.8. The van der Waals surface area contributed by atoms with Gasteiger partial charge in [0.2, 0.25) is 0 Å². The summed E-state index contributed by atoms with van der Waals surface area (Å²) in [6, 6.07) is 27.3. The van der Waals surface area contributed by atoms with Crippen LogP contribution in [0.1, 0.15) is 13.8 Å². The van der Waals surface area contributed by atoms with Crippen molar-refractivity contribution in [2.24, 2.45) is 0 Å². The largest absolute Gasteiger partial charge is 0.507 e. The third kappa shape index (κ3) is 3.24. The lowest BCUT2D eigenvalue weighted by atomic mass is 9.99. The number of phenols is 2. The number of aromatic nitrogens is 2. The summed E-state index contributed by atoms with van der Waals surface area (Å²) in [5.74, 6) is 0.460. The minimum Gasteiger partial charge on any atom is -0.507 e. The van der Waals surface area contributed by atoms with Crippen LogP contribution < -0.4 is 0 Å². The molecule has 0 spiro atoms. The van der Waals surface area contributed by atoms with Gasteiger partial charge in [0.15, 0.2) is 0 Å². The highest BCUT2D eigenvalue weighted by molar-refractivity contribution is 6.27. The quantitative estimate of drug-likeness (QED) is 0.234. The lowest BCUT2D eigenvalue weighted by Crippen LogP contribution is -2.03. The summed E-state index contributed by atoms with van der Waals surface area (Å²) in [7, 11) is 0. The fraction of sp³-hybridized carbons (Fsp3) is 0.0588. The Morgan fingerprint density at radius 2 is 1.16 bits per heavy atom. The van der Waals surface area contributed by atoms with Crippen LogP contribution in [0.4, 0.5) is 0 Å². The van der Waals surface area contributed by atoms with E-state index in [1.165, 1.54) is 0 Å². The predicted molar refractivity (Wildman–Crippen MR) is 160 cm³/mol. The van der Waals surface area contributed by atoms with Gasteiger partial charge in [-0.05, 0) is 32.1 Å². The van der Waals surface area contributed by atoms with E-state index >= 15 is 0 Å². The van der Waals surface area contributed by atoms with Crippen molar-refractivity contribution in [3.8, 4) is 33.8 Å². The molecule has 0 aliphatic carbocycles. The lowest BCUT2D eigenvalue weighted by molar-refractivity contribution is 0.477. The maximum atomic E-state index is 10.8. The van der Waals surface area contributed by atoms with Crippen molar-refractivity contribution in [1.29, 1.82) is 0 Å². The number of hydrogen-bond acceptors (Lipinski definition) is 2. The molecule has 0 bridgehead atoms. The second-order valence-corrected chi connectivity index (χ2v) is 9.43. The molecule has 4 heteroatoms. The number of fused-ring (bicyclic) bond motifs is 5. The maximum Gasteiger partial charge on any atom is 0.131 e. The van der Waals surface area contributed by atoms with Crippen molar-refractivity contribution in [3.63, 3.8) is 0 Å². The number of aromatic hydroxyl groups is 2. The van der Waals surface area contributed by atoms with Crippen molar-refractivity contribution in [2.75, 3.05) is 0 Å². The molecule has 0 aliphatic rings. The second-order valence-electron chi connectivity index (χ2n) is 9.43. The molecule has 0 radical (unpaired) electrons. The summed E-state index contributed by atoms with van der Waals surface area (Å²) in [6.07, 6.45) is 3.85. The molecule has 4 nitrogen and oxygen atoms in total. The topological polar surface area (TPSA) is 50.3 Å². The van der Waals surface area contributed by atoms with Crippen molar-refractivity contribution < 1.29 is 10.2 Å². The second kappa shape index (κ2) is 8.86. The average Bonchev–Trinajstić information content (AvgIpc) is 3.46. The van der Waals surface area contributed by atoms with E-state index in [1.54, 1.807) is 18.2 Å². The molecular formula is C34H28N2O2. The van der Waals surface area contributed by atoms with Gasteiger partial charge in [-0.3, -0.25) is 9.13 Å². The van der Waals surface area contributed by atoms with Crippen LogP contribution in [-0.4, -0.2) is 19.3 Å². The van der Waals surface area contributed by atoms with Gasteiger partial charge in [0.05, 0.1) is 11.0 Å². The summed E-state index contributed by atoms with van der Waals surface area (Å²) in [6.45, 7) is 12.5. The standard InChI is InChI=1S/C34H28N2O2/c1-5-21(3)35-32-25(23-13-7-9-19-29(23)37)15-11-17-27(32)31-28-18-12-16-26(24-14-8-10-20-30(24)38)33(28)36(34(31)35)22(4)6-2/h5-20,37-38H,1,3H2,2,4H3/b22-6+. The minimum atomic E-state index is 0.223. The third-order valence-electron chi connectivity index (χ3n) is 7.39. The molecule has 6 aromatic rings. The van der Waals surface area contributed by atoms with E-state index in [9.17, 15) is 10.2 Å². The molecule has 0 fully saturated rings. The Kier molecular flexibility index (Phi) is 5.46. The van der Waals surface area contributed by atoms with Gasteiger partial charge in [-0.15, -0.1) is 0 Å². The molecular weight excluding hydrogens is 468 g/mol. The van der Waals surface area contributed by atoms with E-state index in [4.69, 9.17) is 0 Å². The molecule has 2 N–H and O–H groups in total. The molecule has 186 valence electrons. The van der Waals surface area contributed by atoms with Gasteiger partial charge < -0.3 is 10.2 Å². The number of rotatable bonds is 5. The number of phenolic OH excluding ortho intramolecular Hbond substituents is 2. The molecule has 2 heterocycles. The Labute approximate surface area is 221 Å². The Morgan fingerprint density at radius 3 is 1.63 bits per heavy atom. The van der Waals surface area contributed by atoms with Crippen molar-refractivity contribution in [3.05, 3.63) is 110 Å². The Bertz CT molecular complexity index is 1830. The van der Waals surface area contributed by atoms with Crippen molar-refractivity contribution in [1.82, 2.24) is 9.13 Å². The molecule has 6 rings (SSSR count). The molecule has 0 amide bonds. The first kappa shape index (κ1) is 23.4. The van der Waals surface area contributed by atoms with Crippen LogP contribution in [0, 0.1) is 0 Å². The van der Waals surface area contributed by atoms with Crippen LogP contribution >= 0.6 is 0 Å². The zero-order valence-corrected chi connectivity index (χ0v) is 21.4. The van der Waals surface area contributed by atoms with Crippen molar-refractivity contribution in [2.45, 2.75) is 13.8 Å². The van der Waals surface area contributed by atoms with Crippen molar-refractivity contribution >= 4 is 44.2 Å². The van der Waals surface area contributed by atoms with Gasteiger partial charge in [0, 0.05) is 49.8 Å². The van der Waals surface area contributed by atoms with E-state index in [0.29, 0.717) is 0 Å². The molecule has 0 aliphatic heterocycles. The van der Waals surface area contributed by atoms with Crippen LogP contribution in [-0.2, 0) is 0 Å². The number of allylic oxidation sites excluding steroid dienone is 4. The number of nitrogens with zero attached hydrogens (tertiary/aromatic N) is 2. The monoisotopic (exact) mass is 496 g/mol. The normalized spacial score (nSPS) is 12.0. The van der Waals surface area contributed by atoms with Gasteiger partial charge in [0.1, 0.15) is 17.1 Å². The predicted octanol–water partition coefficient (Wildman–Crippen LogP) is 9.03. The highest BCUT2D eigenvalue weighted by atomic mass is 16.3. The molecule has 0 saturated carbocycles. The van der Waals surface area contributed by atoms with Gasteiger partial charge in [-0.1, -0.05) is 92.0 Å². The van der Waals surface area contributed by atoms with E-state index in [2.05, 4.69) is 53.5 Å². The van der Waals surface area contributed by atoms with Crippen LogP contribution in [0.3, 0.4) is 0 Å². The summed E-state index contributed by atoms with van der Waals surface area (Å²) < 4.78 is 4.39. The van der Waals surface area contributed by atoms with Crippen LogP contribution in [0.25, 0.3) is 66.5 Å². The van der Waals surface area contributed by atoms with Crippen LogP contribution in [0.5, 0.6) is 11.5 Å². The first-order valence-corrected chi connectivity index (χ1v) is 12.6. The molecule has 0 atom stereocenters. The minimum absolute atomic E-state index is 0.223. The zero-order chi connectivity index (χ0) is 26.6. The van der Waals surface area contributed by atoms with E-state index in [-0.39, 0.29) is 11.5 Å². The van der Waals surface area contributed by atoms with Crippen LogP contribution in [0.2, 0.25) is 0 Å². The van der Waals surface area contributed by atoms with Gasteiger partial charge in [0.25, 0.3) is 0 Å². The first-order valence-electron chi connectivity index (χ1n) is 12.6. The summed E-state index contributed by atoms with van der Waals surface area (Å²) in [5, 5.41) is 24.8. The lowest BCUT2D eigenvalue weighted by Gasteiger charge is -2.17. The first-order chi connectivity index (χ1) is 18.5.